The van der Waals surface area contributed by atoms with Gasteiger partial charge in [-0.1, -0.05) is 12.1 Å². The van der Waals surface area contributed by atoms with Crippen molar-refractivity contribution in [2.75, 3.05) is 25.2 Å². The SMILES string of the molecule is COCCOC(=O)C1=C(C)N(c2cc(C)cc(C)c2)C(=S)N[C@H]1c1cccs1. The summed E-state index contributed by atoms with van der Waals surface area (Å²) in [6.07, 6.45) is 0. The standard InChI is InChI=1S/C21H24N2O3S2/c1-13-10-14(2)12-16(11-13)23-15(3)18(20(24)26-8-7-25-4)19(22-21(23)27)17-6-5-9-28-17/h5-6,9-12,19H,7-8H2,1-4H3,(H,22,27)/t19-/m0/s1. The predicted molar refractivity (Wildman–Crippen MR) is 117 cm³/mol. The van der Waals surface area contributed by atoms with Crippen molar-refractivity contribution in [2.24, 2.45) is 0 Å². The lowest BCUT2D eigenvalue weighted by Crippen LogP contribution is -2.48. The van der Waals surface area contributed by atoms with Gasteiger partial charge in [0.25, 0.3) is 0 Å². The summed E-state index contributed by atoms with van der Waals surface area (Å²) in [5.74, 6) is -0.364. The molecule has 1 atom stereocenters. The molecule has 0 amide bonds. The van der Waals surface area contributed by atoms with Crippen LogP contribution in [0.4, 0.5) is 5.69 Å². The molecule has 28 heavy (non-hydrogen) atoms. The molecule has 1 N–H and O–H groups in total. The van der Waals surface area contributed by atoms with Gasteiger partial charge in [-0.3, -0.25) is 4.90 Å². The van der Waals surface area contributed by atoms with E-state index in [4.69, 9.17) is 21.7 Å². The predicted octanol–water partition coefficient (Wildman–Crippen LogP) is 4.26. The number of esters is 1. The highest BCUT2D eigenvalue weighted by atomic mass is 32.1. The first-order valence-corrected chi connectivity index (χ1v) is 10.3. The Morgan fingerprint density at radius 1 is 1.21 bits per heavy atom. The average molecular weight is 417 g/mol. The summed E-state index contributed by atoms with van der Waals surface area (Å²) >= 11 is 7.26. The number of aryl methyl sites for hydroxylation is 2. The van der Waals surface area contributed by atoms with Crippen molar-refractivity contribution in [3.05, 3.63) is 63.0 Å². The molecule has 148 valence electrons. The molecule has 3 rings (SSSR count). The lowest BCUT2D eigenvalue weighted by Gasteiger charge is -2.37. The Hall–Kier alpha value is -2.22. The second-order valence-electron chi connectivity index (χ2n) is 6.71. The van der Waals surface area contributed by atoms with E-state index in [-0.39, 0.29) is 18.6 Å². The highest BCUT2D eigenvalue weighted by molar-refractivity contribution is 7.80. The van der Waals surface area contributed by atoms with Crippen molar-refractivity contribution in [2.45, 2.75) is 26.8 Å². The van der Waals surface area contributed by atoms with Crippen LogP contribution in [0.25, 0.3) is 0 Å². The molecule has 0 spiro atoms. The fourth-order valence-corrected chi connectivity index (χ4v) is 4.51. The van der Waals surface area contributed by atoms with Gasteiger partial charge >= 0.3 is 5.97 Å². The van der Waals surface area contributed by atoms with Crippen molar-refractivity contribution in [1.82, 2.24) is 5.32 Å². The monoisotopic (exact) mass is 416 g/mol. The molecule has 1 aliphatic rings. The fraction of sp³-hybridized carbons (Fsp3) is 0.333. The molecule has 0 unspecified atom stereocenters. The first kappa shape index (κ1) is 20.5. The zero-order valence-corrected chi connectivity index (χ0v) is 18.1. The van der Waals surface area contributed by atoms with Crippen LogP contribution < -0.4 is 10.2 Å². The average Bonchev–Trinajstić information content (AvgIpc) is 3.15. The van der Waals surface area contributed by atoms with Crippen LogP contribution in [0, 0.1) is 13.8 Å². The highest BCUT2D eigenvalue weighted by Gasteiger charge is 2.36. The topological polar surface area (TPSA) is 50.8 Å². The Bertz CT molecular complexity index is 886. The number of benzene rings is 1. The maximum Gasteiger partial charge on any atom is 0.338 e. The molecule has 0 fully saturated rings. The Labute approximate surface area is 175 Å². The van der Waals surface area contributed by atoms with Crippen LogP contribution in [0.15, 0.2) is 47.0 Å². The lowest BCUT2D eigenvalue weighted by molar-refractivity contribution is -0.140. The first-order valence-electron chi connectivity index (χ1n) is 9.01. The van der Waals surface area contributed by atoms with Crippen LogP contribution in [0.1, 0.15) is 29.0 Å². The van der Waals surface area contributed by atoms with Crippen LogP contribution in [0.2, 0.25) is 0 Å². The molecule has 7 heteroatoms. The second-order valence-corrected chi connectivity index (χ2v) is 8.07. The highest BCUT2D eigenvalue weighted by Crippen LogP contribution is 2.36. The molecule has 5 nitrogen and oxygen atoms in total. The van der Waals surface area contributed by atoms with E-state index < -0.39 is 0 Å². The van der Waals surface area contributed by atoms with Crippen LogP contribution >= 0.6 is 23.6 Å². The van der Waals surface area contributed by atoms with Crippen molar-refractivity contribution in [3.8, 4) is 0 Å². The van der Waals surface area contributed by atoms with Gasteiger partial charge in [0.15, 0.2) is 5.11 Å². The maximum absolute atomic E-state index is 13.0. The minimum Gasteiger partial charge on any atom is -0.460 e. The van der Waals surface area contributed by atoms with Crippen molar-refractivity contribution < 1.29 is 14.3 Å². The molecule has 1 aromatic carbocycles. The van der Waals surface area contributed by atoms with Crippen LogP contribution in [-0.4, -0.2) is 31.4 Å². The number of nitrogens with zero attached hydrogens (tertiary/aromatic N) is 1. The summed E-state index contributed by atoms with van der Waals surface area (Å²) in [5, 5.41) is 5.89. The van der Waals surface area contributed by atoms with E-state index in [0.29, 0.717) is 17.3 Å². The summed E-state index contributed by atoms with van der Waals surface area (Å²) in [5.41, 5.74) is 4.53. The number of anilines is 1. The van der Waals surface area contributed by atoms with Crippen molar-refractivity contribution in [3.63, 3.8) is 0 Å². The molecule has 2 heterocycles. The van der Waals surface area contributed by atoms with E-state index in [0.717, 1.165) is 27.4 Å². The van der Waals surface area contributed by atoms with Gasteiger partial charge in [0, 0.05) is 23.4 Å². The van der Waals surface area contributed by atoms with Gasteiger partial charge in [0.05, 0.1) is 18.2 Å². The lowest BCUT2D eigenvalue weighted by atomic mass is 9.99. The number of hydrogen-bond acceptors (Lipinski definition) is 5. The number of allylic oxidation sites excluding steroid dienone is 1. The van der Waals surface area contributed by atoms with Gasteiger partial charge in [0.1, 0.15) is 6.61 Å². The number of carbonyl (C=O) groups excluding carboxylic acids is 1. The van der Waals surface area contributed by atoms with Gasteiger partial charge in [-0.05, 0) is 67.7 Å². The minimum atomic E-state index is -0.364. The van der Waals surface area contributed by atoms with Crippen LogP contribution in [0.5, 0.6) is 0 Å². The van der Waals surface area contributed by atoms with E-state index in [1.54, 1.807) is 18.4 Å². The molecule has 1 aromatic heterocycles. The quantitative estimate of drug-likeness (QED) is 0.431. The van der Waals surface area contributed by atoms with E-state index in [1.807, 2.05) is 43.2 Å². The summed E-state index contributed by atoms with van der Waals surface area (Å²) < 4.78 is 10.5. The molecule has 0 bridgehead atoms. The molecule has 2 aromatic rings. The first-order chi connectivity index (χ1) is 13.4. The van der Waals surface area contributed by atoms with E-state index in [1.165, 1.54) is 0 Å². The number of thiophene rings is 1. The Kier molecular flexibility index (Phi) is 6.49. The number of carbonyl (C=O) groups is 1. The molecule has 0 aliphatic carbocycles. The Balaban J connectivity index is 2.06. The third kappa shape index (κ3) is 4.27. The Morgan fingerprint density at radius 2 is 1.93 bits per heavy atom. The molecule has 0 saturated heterocycles. The van der Waals surface area contributed by atoms with Crippen LogP contribution in [0.3, 0.4) is 0 Å². The smallest absolute Gasteiger partial charge is 0.338 e. The molecule has 0 saturated carbocycles. The van der Waals surface area contributed by atoms with Gasteiger partial charge in [-0.25, -0.2) is 4.79 Å². The number of thiocarbonyl (C=S) groups is 1. The number of rotatable bonds is 6. The summed E-state index contributed by atoms with van der Waals surface area (Å²) in [6, 6.07) is 9.85. The third-order valence-electron chi connectivity index (χ3n) is 4.52. The van der Waals surface area contributed by atoms with Crippen molar-refractivity contribution in [1.29, 1.82) is 0 Å². The van der Waals surface area contributed by atoms with Gasteiger partial charge in [0.2, 0.25) is 0 Å². The van der Waals surface area contributed by atoms with Gasteiger partial charge in [-0.15, -0.1) is 11.3 Å². The van der Waals surface area contributed by atoms with Crippen LogP contribution in [-0.2, 0) is 14.3 Å². The molecular formula is C21H24N2O3S2. The van der Waals surface area contributed by atoms with Gasteiger partial charge in [-0.2, -0.15) is 0 Å². The van der Waals surface area contributed by atoms with Gasteiger partial charge < -0.3 is 14.8 Å². The van der Waals surface area contributed by atoms with Crippen molar-refractivity contribution >= 4 is 40.3 Å². The summed E-state index contributed by atoms with van der Waals surface area (Å²) in [7, 11) is 1.58. The largest absolute Gasteiger partial charge is 0.460 e. The number of ether oxygens (including phenoxy) is 2. The Morgan fingerprint density at radius 3 is 2.54 bits per heavy atom. The fourth-order valence-electron chi connectivity index (χ4n) is 3.36. The minimum absolute atomic E-state index is 0.206. The second kappa shape index (κ2) is 8.86. The third-order valence-corrected chi connectivity index (χ3v) is 5.76. The van der Waals surface area contributed by atoms with E-state index in [2.05, 4.69) is 23.5 Å². The zero-order valence-electron chi connectivity index (χ0n) is 16.4. The maximum atomic E-state index is 13.0. The summed E-state index contributed by atoms with van der Waals surface area (Å²) in [4.78, 5) is 15.9. The zero-order chi connectivity index (χ0) is 20.3. The number of hydrogen-bond donors (Lipinski definition) is 1. The number of nitrogens with one attached hydrogen (secondary N) is 1. The van der Waals surface area contributed by atoms with E-state index in [9.17, 15) is 4.79 Å². The number of methoxy groups -OCH3 is 1. The molecular weight excluding hydrogens is 392 g/mol. The molecule has 1 aliphatic heterocycles. The summed E-state index contributed by atoms with van der Waals surface area (Å²) in [6.45, 7) is 6.57. The normalized spacial score (nSPS) is 16.9. The molecule has 0 radical (unpaired) electrons. The van der Waals surface area contributed by atoms with E-state index >= 15 is 0 Å².